The molecule has 2 radical (unpaired) electrons. The maximum atomic E-state index is 6.69. The minimum atomic E-state index is 0.444. The van der Waals surface area contributed by atoms with Crippen molar-refractivity contribution in [1.29, 1.82) is 0 Å². The van der Waals surface area contributed by atoms with E-state index in [1.54, 1.807) is 0 Å². The van der Waals surface area contributed by atoms with Crippen molar-refractivity contribution in [2.45, 2.75) is 13.3 Å². The van der Waals surface area contributed by atoms with Gasteiger partial charge in [-0.1, -0.05) is 6.92 Å². The monoisotopic (exact) mass is 100 g/mol. The zero-order chi connectivity index (χ0) is 5.54. The molecule has 42 valence electrons. The second-order valence-corrected chi connectivity index (χ2v) is 1.42. The van der Waals surface area contributed by atoms with E-state index in [-0.39, 0.29) is 0 Å². The highest BCUT2D eigenvalue weighted by atomic mass is 14.9. The Bertz CT molecular complexity index is 25.3. The van der Waals surface area contributed by atoms with E-state index in [0.29, 0.717) is 13.1 Å². The molecule has 2 nitrogen and oxygen atoms in total. The van der Waals surface area contributed by atoms with Crippen LogP contribution in [0, 0.1) is 0 Å². The summed E-state index contributed by atoms with van der Waals surface area (Å²) in [6, 6.07) is 0. The Morgan fingerprint density at radius 3 is 2.57 bits per heavy atom. The average Bonchev–Trinajstić information content (AvgIpc) is 1.69. The summed E-state index contributed by atoms with van der Waals surface area (Å²) >= 11 is 0. The van der Waals surface area contributed by atoms with E-state index in [2.05, 4.69) is 12.2 Å². The van der Waals surface area contributed by atoms with Gasteiger partial charge in [0.25, 0.3) is 0 Å². The van der Waals surface area contributed by atoms with Crippen LogP contribution in [0.3, 0.4) is 0 Å². The van der Waals surface area contributed by atoms with Gasteiger partial charge in [-0.2, -0.15) is 0 Å². The topological polar surface area (TPSA) is 37.9 Å². The van der Waals surface area contributed by atoms with Crippen LogP contribution in [0.15, 0.2) is 0 Å². The molecule has 0 aliphatic heterocycles. The Balaban J connectivity index is 2.45. The maximum Gasteiger partial charge on any atom is 0.0272 e. The van der Waals surface area contributed by atoms with E-state index in [0.717, 1.165) is 13.0 Å². The highest BCUT2D eigenvalue weighted by Gasteiger charge is 1.79. The van der Waals surface area contributed by atoms with Gasteiger partial charge in [0.2, 0.25) is 0 Å². The summed E-state index contributed by atoms with van der Waals surface area (Å²) in [5.74, 6) is 0. The number of hydrogen-bond donors (Lipinski definition) is 0. The van der Waals surface area contributed by atoms with Gasteiger partial charge in [0.15, 0.2) is 0 Å². The Morgan fingerprint density at radius 2 is 2.14 bits per heavy atom. The molecular formula is C5H12N2. The van der Waals surface area contributed by atoms with Crippen LogP contribution in [0.4, 0.5) is 0 Å². The standard InChI is InChI=1S/C5H12N2/c1-2-4-7-5-3-6/h6H,2-5H2,1H3. The van der Waals surface area contributed by atoms with Crippen molar-refractivity contribution in [3.8, 4) is 0 Å². The van der Waals surface area contributed by atoms with Gasteiger partial charge in [0.05, 0.1) is 0 Å². The maximum absolute atomic E-state index is 6.69. The van der Waals surface area contributed by atoms with Gasteiger partial charge in [0.1, 0.15) is 0 Å². The van der Waals surface area contributed by atoms with Gasteiger partial charge >= 0.3 is 0 Å². The molecule has 1 N–H and O–H groups in total. The van der Waals surface area contributed by atoms with Crippen LogP contribution in [0.1, 0.15) is 13.3 Å². The summed E-state index contributed by atoms with van der Waals surface area (Å²) in [6.45, 7) is 4.18. The molecule has 0 unspecified atom stereocenters. The molecule has 0 aromatic heterocycles. The largest absolute Gasteiger partial charge is 0.256 e. The highest BCUT2D eigenvalue weighted by molar-refractivity contribution is 4.41. The van der Waals surface area contributed by atoms with Crippen molar-refractivity contribution in [3.63, 3.8) is 0 Å². The minimum absolute atomic E-state index is 0.444. The van der Waals surface area contributed by atoms with Gasteiger partial charge in [-0.15, -0.1) is 0 Å². The van der Waals surface area contributed by atoms with E-state index < -0.39 is 0 Å². The van der Waals surface area contributed by atoms with Crippen LogP contribution < -0.4 is 11.1 Å². The van der Waals surface area contributed by atoms with Crippen LogP contribution >= 0.6 is 0 Å². The molecule has 7 heavy (non-hydrogen) atoms. The van der Waals surface area contributed by atoms with Crippen molar-refractivity contribution in [2.75, 3.05) is 19.6 Å². The summed E-state index contributed by atoms with van der Waals surface area (Å²) in [5.41, 5.74) is 6.69. The molecular weight excluding hydrogens is 88.1 g/mol. The van der Waals surface area contributed by atoms with Crippen molar-refractivity contribution >= 4 is 0 Å². The number of hydrogen-bond acceptors (Lipinski definition) is 0. The van der Waals surface area contributed by atoms with Crippen LogP contribution in [0.2, 0.25) is 0 Å². The summed E-state index contributed by atoms with van der Waals surface area (Å²) in [6.07, 6.45) is 1.11. The molecule has 0 fully saturated rings. The lowest BCUT2D eigenvalue weighted by molar-refractivity contribution is 0.660. The Morgan fingerprint density at radius 1 is 1.43 bits per heavy atom. The first-order valence-corrected chi connectivity index (χ1v) is 2.69. The van der Waals surface area contributed by atoms with Crippen molar-refractivity contribution in [2.24, 2.45) is 0 Å². The van der Waals surface area contributed by atoms with Gasteiger partial charge in [-0.3, -0.25) is 5.73 Å². The smallest absolute Gasteiger partial charge is 0.0272 e. The Hall–Kier alpha value is -0.0800. The molecule has 0 aromatic carbocycles. The number of rotatable bonds is 4. The fourth-order valence-electron chi connectivity index (χ4n) is 0.349. The van der Waals surface area contributed by atoms with Gasteiger partial charge in [-0.25, -0.2) is 5.32 Å². The SMILES string of the molecule is CCC[N]CC[NH]. The van der Waals surface area contributed by atoms with Crippen LogP contribution in [0.5, 0.6) is 0 Å². The first kappa shape index (κ1) is 6.92. The average molecular weight is 100 g/mol. The molecule has 0 amide bonds. The van der Waals surface area contributed by atoms with Crippen molar-refractivity contribution < 1.29 is 0 Å². The third-order valence-electron chi connectivity index (χ3n) is 0.652. The Labute approximate surface area is 45.1 Å². The zero-order valence-corrected chi connectivity index (χ0v) is 4.78. The van der Waals surface area contributed by atoms with Gasteiger partial charge in [0, 0.05) is 19.6 Å². The van der Waals surface area contributed by atoms with Gasteiger partial charge in [-0.05, 0) is 6.42 Å². The molecule has 0 atom stereocenters. The molecule has 0 aliphatic rings. The molecule has 0 aliphatic carbocycles. The predicted molar refractivity (Wildman–Crippen MR) is 30.1 cm³/mol. The van der Waals surface area contributed by atoms with Gasteiger partial charge < -0.3 is 0 Å². The third-order valence-corrected chi connectivity index (χ3v) is 0.652. The molecule has 0 saturated heterocycles. The minimum Gasteiger partial charge on any atom is -0.256 e. The van der Waals surface area contributed by atoms with Crippen molar-refractivity contribution in [3.05, 3.63) is 0 Å². The quantitative estimate of drug-likeness (QED) is 0.455. The summed E-state index contributed by atoms with van der Waals surface area (Å²) < 4.78 is 0. The van der Waals surface area contributed by atoms with E-state index in [9.17, 15) is 0 Å². The normalized spacial score (nSPS) is 9.43. The molecule has 0 bridgehead atoms. The fourth-order valence-corrected chi connectivity index (χ4v) is 0.349. The molecule has 0 rings (SSSR count). The van der Waals surface area contributed by atoms with Crippen LogP contribution in [-0.2, 0) is 0 Å². The van der Waals surface area contributed by atoms with E-state index in [1.165, 1.54) is 0 Å². The lowest BCUT2D eigenvalue weighted by Crippen LogP contribution is -2.11. The third kappa shape index (κ3) is 5.92. The first-order chi connectivity index (χ1) is 3.41. The summed E-state index contributed by atoms with van der Waals surface area (Å²) in [4.78, 5) is 0. The molecule has 0 aromatic rings. The number of nitrogens with one attached hydrogen (secondary N) is 1. The summed E-state index contributed by atoms with van der Waals surface area (Å²) in [7, 11) is 0. The number of nitrogens with zero attached hydrogens (tertiary/aromatic N) is 1. The molecule has 2 heteroatoms. The fraction of sp³-hybridized carbons (Fsp3) is 1.00. The zero-order valence-electron chi connectivity index (χ0n) is 4.78. The first-order valence-electron chi connectivity index (χ1n) is 2.69. The van der Waals surface area contributed by atoms with E-state index in [4.69, 9.17) is 5.73 Å². The van der Waals surface area contributed by atoms with Crippen LogP contribution in [-0.4, -0.2) is 19.6 Å². The Kier molecular flexibility index (Phi) is 5.85. The predicted octanol–water partition coefficient (Wildman–Crippen LogP) is 0.284. The van der Waals surface area contributed by atoms with E-state index >= 15 is 0 Å². The second-order valence-electron chi connectivity index (χ2n) is 1.42. The summed E-state index contributed by atoms with van der Waals surface area (Å²) in [5, 5.41) is 4.02. The van der Waals surface area contributed by atoms with Crippen LogP contribution in [0.25, 0.3) is 0 Å². The molecule has 0 heterocycles. The lowest BCUT2D eigenvalue weighted by atomic mass is 10.5. The second kappa shape index (κ2) is 5.92. The molecule has 0 spiro atoms. The molecule has 0 saturated carbocycles. The van der Waals surface area contributed by atoms with E-state index in [1.807, 2.05) is 0 Å². The lowest BCUT2D eigenvalue weighted by Gasteiger charge is -1.92. The van der Waals surface area contributed by atoms with Crippen molar-refractivity contribution in [1.82, 2.24) is 11.1 Å². The highest BCUT2D eigenvalue weighted by Crippen LogP contribution is 1.69.